The van der Waals surface area contributed by atoms with E-state index in [0.717, 1.165) is 23.3 Å². The summed E-state index contributed by atoms with van der Waals surface area (Å²) in [5, 5.41) is 10.4. The van der Waals surface area contributed by atoms with E-state index in [4.69, 9.17) is 15.2 Å². The minimum Gasteiger partial charge on any atom is -0.490 e. The molecule has 3 rings (SSSR count). The van der Waals surface area contributed by atoms with Crippen molar-refractivity contribution in [3.8, 4) is 11.5 Å². The molecular formula is C16H18N2O3. The molecule has 0 saturated carbocycles. The monoisotopic (exact) mass is 286 g/mol. The Hall–Kier alpha value is -2.27. The lowest BCUT2D eigenvalue weighted by molar-refractivity contribution is 0.178. The standard InChI is InChI=1S/C16H18N2O3/c17-16-9-11(4-5-18-16)8-13(19)12-2-3-14-15(10-12)21-7-1-6-20-14/h2-5,9-10,13,19H,1,6-8H2,(H2,17,18). The smallest absolute Gasteiger partial charge is 0.161 e. The summed E-state index contributed by atoms with van der Waals surface area (Å²) in [7, 11) is 0. The highest BCUT2D eigenvalue weighted by atomic mass is 16.5. The van der Waals surface area contributed by atoms with Crippen LogP contribution in [-0.2, 0) is 6.42 Å². The van der Waals surface area contributed by atoms with Gasteiger partial charge in [-0.1, -0.05) is 6.07 Å². The SMILES string of the molecule is Nc1cc(CC(O)c2ccc3c(c2)OCCCO3)ccn1. The van der Waals surface area contributed by atoms with Crippen LogP contribution >= 0.6 is 0 Å². The van der Waals surface area contributed by atoms with Crippen LogP contribution in [0.5, 0.6) is 11.5 Å². The van der Waals surface area contributed by atoms with Crippen molar-refractivity contribution in [2.75, 3.05) is 18.9 Å². The summed E-state index contributed by atoms with van der Waals surface area (Å²) in [6.45, 7) is 1.29. The van der Waals surface area contributed by atoms with E-state index in [0.29, 0.717) is 31.2 Å². The molecule has 0 fully saturated rings. The molecule has 0 saturated heterocycles. The first kappa shape index (κ1) is 13.7. The summed E-state index contributed by atoms with van der Waals surface area (Å²) < 4.78 is 11.2. The molecule has 0 bridgehead atoms. The first-order valence-corrected chi connectivity index (χ1v) is 7.00. The Balaban J connectivity index is 1.78. The highest BCUT2D eigenvalue weighted by Gasteiger charge is 2.15. The molecule has 0 spiro atoms. The topological polar surface area (TPSA) is 77.6 Å². The number of anilines is 1. The molecule has 1 aromatic carbocycles. The quantitative estimate of drug-likeness (QED) is 0.903. The van der Waals surface area contributed by atoms with Gasteiger partial charge in [0.25, 0.3) is 0 Å². The van der Waals surface area contributed by atoms with Gasteiger partial charge < -0.3 is 20.3 Å². The van der Waals surface area contributed by atoms with E-state index < -0.39 is 6.10 Å². The number of benzene rings is 1. The highest BCUT2D eigenvalue weighted by molar-refractivity contribution is 5.44. The van der Waals surface area contributed by atoms with Gasteiger partial charge in [0.2, 0.25) is 0 Å². The van der Waals surface area contributed by atoms with Crippen LogP contribution in [0.4, 0.5) is 5.82 Å². The molecule has 1 aliphatic rings. The van der Waals surface area contributed by atoms with Crippen LogP contribution in [0.2, 0.25) is 0 Å². The van der Waals surface area contributed by atoms with Crippen LogP contribution in [0, 0.1) is 0 Å². The fourth-order valence-electron chi connectivity index (χ4n) is 2.35. The molecular weight excluding hydrogens is 268 g/mol. The maximum Gasteiger partial charge on any atom is 0.161 e. The number of pyridine rings is 1. The number of aliphatic hydroxyl groups excluding tert-OH is 1. The molecule has 1 unspecified atom stereocenters. The Morgan fingerprint density at radius 2 is 1.95 bits per heavy atom. The Morgan fingerprint density at radius 1 is 1.14 bits per heavy atom. The van der Waals surface area contributed by atoms with Gasteiger partial charge >= 0.3 is 0 Å². The molecule has 1 atom stereocenters. The number of nitrogens with zero attached hydrogens (tertiary/aromatic N) is 1. The van der Waals surface area contributed by atoms with Crippen LogP contribution in [0.3, 0.4) is 0 Å². The van der Waals surface area contributed by atoms with Gasteiger partial charge in [0.05, 0.1) is 19.3 Å². The van der Waals surface area contributed by atoms with Gasteiger partial charge in [-0.15, -0.1) is 0 Å². The molecule has 5 nitrogen and oxygen atoms in total. The van der Waals surface area contributed by atoms with Crippen molar-refractivity contribution in [2.24, 2.45) is 0 Å². The predicted octanol–water partition coefficient (Wildman–Crippen LogP) is 2.10. The lowest BCUT2D eigenvalue weighted by Gasteiger charge is -2.14. The van der Waals surface area contributed by atoms with Gasteiger partial charge in [-0.2, -0.15) is 0 Å². The minimum atomic E-state index is -0.621. The second-order valence-electron chi connectivity index (χ2n) is 5.07. The van der Waals surface area contributed by atoms with Crippen molar-refractivity contribution in [3.63, 3.8) is 0 Å². The molecule has 0 amide bonds. The minimum absolute atomic E-state index is 0.457. The summed E-state index contributed by atoms with van der Waals surface area (Å²) >= 11 is 0. The zero-order valence-electron chi connectivity index (χ0n) is 11.7. The summed E-state index contributed by atoms with van der Waals surface area (Å²) in [5.74, 6) is 1.88. The zero-order valence-corrected chi connectivity index (χ0v) is 11.7. The average molecular weight is 286 g/mol. The summed E-state index contributed by atoms with van der Waals surface area (Å²) in [6.07, 6.45) is 2.37. The van der Waals surface area contributed by atoms with Crippen molar-refractivity contribution in [2.45, 2.75) is 18.9 Å². The number of nitrogen functional groups attached to an aromatic ring is 1. The average Bonchev–Trinajstić information content (AvgIpc) is 2.71. The molecule has 2 aromatic rings. The molecule has 2 heterocycles. The first-order chi connectivity index (χ1) is 10.2. The Morgan fingerprint density at radius 3 is 2.76 bits per heavy atom. The Kier molecular flexibility index (Phi) is 3.92. The second-order valence-corrected chi connectivity index (χ2v) is 5.07. The van der Waals surface area contributed by atoms with Crippen molar-refractivity contribution in [1.82, 2.24) is 4.98 Å². The van der Waals surface area contributed by atoms with E-state index in [1.165, 1.54) is 0 Å². The summed E-state index contributed by atoms with van der Waals surface area (Å²) in [4.78, 5) is 3.95. The normalized spacial score (nSPS) is 15.3. The third-order valence-corrected chi connectivity index (χ3v) is 3.43. The molecule has 0 radical (unpaired) electrons. The first-order valence-electron chi connectivity index (χ1n) is 7.00. The number of hydrogen-bond acceptors (Lipinski definition) is 5. The predicted molar refractivity (Wildman–Crippen MR) is 79.4 cm³/mol. The van der Waals surface area contributed by atoms with Gasteiger partial charge in [-0.05, 0) is 35.4 Å². The number of aromatic nitrogens is 1. The fraction of sp³-hybridized carbons (Fsp3) is 0.312. The molecule has 1 aliphatic heterocycles. The van der Waals surface area contributed by atoms with Gasteiger partial charge in [-0.25, -0.2) is 4.98 Å². The highest BCUT2D eigenvalue weighted by Crippen LogP contribution is 2.33. The van der Waals surface area contributed by atoms with Crippen LogP contribution in [0.1, 0.15) is 23.7 Å². The maximum absolute atomic E-state index is 10.4. The number of ether oxygens (including phenoxy) is 2. The van der Waals surface area contributed by atoms with Crippen LogP contribution in [0.15, 0.2) is 36.5 Å². The second kappa shape index (κ2) is 6.01. The van der Waals surface area contributed by atoms with Gasteiger partial charge in [-0.3, -0.25) is 0 Å². The van der Waals surface area contributed by atoms with Crippen molar-refractivity contribution in [1.29, 1.82) is 0 Å². The van der Waals surface area contributed by atoms with Crippen LogP contribution < -0.4 is 15.2 Å². The largest absolute Gasteiger partial charge is 0.490 e. The lowest BCUT2D eigenvalue weighted by atomic mass is 10.0. The molecule has 3 N–H and O–H groups in total. The maximum atomic E-state index is 10.4. The number of nitrogens with two attached hydrogens (primary N) is 1. The van der Waals surface area contributed by atoms with E-state index in [9.17, 15) is 5.11 Å². The van der Waals surface area contributed by atoms with E-state index in [1.807, 2.05) is 24.3 Å². The molecule has 1 aromatic heterocycles. The van der Waals surface area contributed by atoms with E-state index in [-0.39, 0.29) is 0 Å². The number of rotatable bonds is 3. The molecule has 0 aliphatic carbocycles. The number of aliphatic hydroxyl groups is 1. The Bertz CT molecular complexity index is 631. The molecule has 110 valence electrons. The van der Waals surface area contributed by atoms with Gasteiger partial charge in [0.1, 0.15) is 5.82 Å². The van der Waals surface area contributed by atoms with E-state index in [2.05, 4.69) is 4.98 Å². The van der Waals surface area contributed by atoms with Crippen molar-refractivity contribution >= 4 is 5.82 Å². The van der Waals surface area contributed by atoms with Gasteiger partial charge in [0, 0.05) is 19.0 Å². The lowest BCUT2D eigenvalue weighted by Crippen LogP contribution is -2.03. The van der Waals surface area contributed by atoms with Crippen LogP contribution in [-0.4, -0.2) is 23.3 Å². The van der Waals surface area contributed by atoms with Gasteiger partial charge in [0.15, 0.2) is 11.5 Å². The van der Waals surface area contributed by atoms with Crippen molar-refractivity contribution < 1.29 is 14.6 Å². The van der Waals surface area contributed by atoms with E-state index in [1.54, 1.807) is 12.3 Å². The fourth-order valence-corrected chi connectivity index (χ4v) is 2.35. The van der Waals surface area contributed by atoms with Crippen molar-refractivity contribution in [3.05, 3.63) is 47.7 Å². The number of fused-ring (bicyclic) bond motifs is 1. The summed E-state index contributed by atoms with van der Waals surface area (Å²) in [6, 6.07) is 9.17. The van der Waals surface area contributed by atoms with E-state index >= 15 is 0 Å². The molecule has 21 heavy (non-hydrogen) atoms. The number of hydrogen-bond donors (Lipinski definition) is 2. The zero-order chi connectivity index (χ0) is 14.7. The Labute approximate surface area is 123 Å². The van der Waals surface area contributed by atoms with Crippen LogP contribution in [0.25, 0.3) is 0 Å². The molecule has 5 heteroatoms. The third-order valence-electron chi connectivity index (χ3n) is 3.43. The third kappa shape index (κ3) is 3.25. The summed E-state index contributed by atoms with van der Waals surface area (Å²) in [5.41, 5.74) is 7.40.